The molecule has 2 aromatic heterocycles. The molecule has 2 aromatic rings. The summed E-state index contributed by atoms with van der Waals surface area (Å²) in [7, 11) is 4.00. The highest BCUT2D eigenvalue weighted by Crippen LogP contribution is 2.12. The normalized spacial score (nSPS) is 11.2. The van der Waals surface area contributed by atoms with Crippen LogP contribution in [0, 0.1) is 0 Å². The minimum absolute atomic E-state index is 0.807. The van der Waals surface area contributed by atoms with Crippen molar-refractivity contribution in [2.45, 2.75) is 19.6 Å². The molecule has 1 N–H and O–H groups in total. The first-order valence-corrected chi connectivity index (χ1v) is 6.48. The van der Waals surface area contributed by atoms with Gasteiger partial charge in [-0.15, -0.1) is 11.3 Å². The van der Waals surface area contributed by atoms with E-state index in [2.05, 4.69) is 33.7 Å². The van der Waals surface area contributed by atoms with Gasteiger partial charge in [0.1, 0.15) is 5.76 Å². The zero-order valence-electron chi connectivity index (χ0n) is 10.1. The van der Waals surface area contributed by atoms with Crippen molar-refractivity contribution in [2.24, 2.45) is 0 Å². The fraction of sp³-hybridized carbons (Fsp3) is 0.417. The Kier molecular flexibility index (Phi) is 4.30. The van der Waals surface area contributed by atoms with Gasteiger partial charge in [-0.3, -0.25) is 4.90 Å². The second-order valence-corrected chi connectivity index (χ2v) is 4.82. The van der Waals surface area contributed by atoms with E-state index in [1.807, 2.05) is 18.8 Å². The first kappa shape index (κ1) is 12.3. The van der Waals surface area contributed by atoms with E-state index in [1.165, 1.54) is 5.56 Å². The lowest BCUT2D eigenvalue weighted by molar-refractivity contribution is 0.285. The van der Waals surface area contributed by atoms with Crippen molar-refractivity contribution in [1.29, 1.82) is 0 Å². The van der Waals surface area contributed by atoms with Crippen molar-refractivity contribution in [3.63, 3.8) is 0 Å². The molecule has 92 valence electrons. The van der Waals surface area contributed by atoms with Crippen LogP contribution < -0.4 is 5.32 Å². The molecule has 0 unspecified atom stereocenters. The van der Waals surface area contributed by atoms with Crippen LogP contribution in [0.1, 0.15) is 17.0 Å². The van der Waals surface area contributed by atoms with Crippen LogP contribution in [0.4, 0.5) is 0 Å². The Labute approximate surface area is 105 Å². The van der Waals surface area contributed by atoms with Crippen LogP contribution in [0.15, 0.2) is 27.6 Å². The molecule has 0 atom stereocenters. The fourth-order valence-corrected chi connectivity index (χ4v) is 2.27. The van der Waals surface area contributed by atoms with E-state index in [4.69, 9.17) is 4.42 Å². The van der Waals surface area contributed by atoms with Gasteiger partial charge >= 0.3 is 0 Å². The van der Waals surface area contributed by atoms with Crippen LogP contribution in [0.25, 0.3) is 0 Å². The summed E-state index contributed by atoms with van der Waals surface area (Å²) in [6.07, 6.45) is 1.81. The van der Waals surface area contributed by atoms with Crippen LogP contribution in [0.3, 0.4) is 0 Å². The van der Waals surface area contributed by atoms with E-state index in [9.17, 15) is 0 Å². The molecule has 0 fully saturated rings. The third kappa shape index (κ3) is 3.66. The number of aromatic nitrogens is 1. The molecule has 5 heteroatoms. The summed E-state index contributed by atoms with van der Waals surface area (Å²) in [4.78, 5) is 6.46. The largest absolute Gasteiger partial charge is 0.468 e. The zero-order chi connectivity index (χ0) is 12.1. The number of nitrogens with one attached hydrogen (secondary N) is 1. The molecule has 0 aliphatic heterocycles. The number of furan rings is 1. The smallest absolute Gasteiger partial charge is 0.118 e. The predicted octanol–water partition coefficient (Wildman–Crippen LogP) is 2.09. The Morgan fingerprint density at radius 2 is 2.35 bits per heavy atom. The summed E-state index contributed by atoms with van der Waals surface area (Å²) in [5.74, 6) is 0.993. The van der Waals surface area contributed by atoms with E-state index >= 15 is 0 Å². The van der Waals surface area contributed by atoms with Crippen molar-refractivity contribution < 1.29 is 4.42 Å². The molecule has 0 bridgehead atoms. The predicted molar refractivity (Wildman–Crippen MR) is 68.8 cm³/mol. The van der Waals surface area contributed by atoms with E-state index in [1.54, 1.807) is 11.3 Å². The lowest BCUT2D eigenvalue weighted by Gasteiger charge is -2.12. The first-order chi connectivity index (χ1) is 8.28. The Hall–Kier alpha value is -1.17. The van der Waals surface area contributed by atoms with Gasteiger partial charge in [0, 0.05) is 24.0 Å². The van der Waals surface area contributed by atoms with E-state index < -0.39 is 0 Å². The highest BCUT2D eigenvalue weighted by Gasteiger charge is 2.06. The molecule has 0 aliphatic rings. The summed E-state index contributed by atoms with van der Waals surface area (Å²) in [6, 6.07) is 2.09. The monoisotopic (exact) mass is 251 g/mol. The van der Waals surface area contributed by atoms with Crippen molar-refractivity contribution in [2.75, 3.05) is 14.1 Å². The molecule has 17 heavy (non-hydrogen) atoms. The molecule has 0 saturated carbocycles. The van der Waals surface area contributed by atoms with Crippen molar-refractivity contribution in [3.8, 4) is 0 Å². The Morgan fingerprint density at radius 3 is 3.06 bits per heavy atom. The maximum Gasteiger partial charge on any atom is 0.118 e. The minimum Gasteiger partial charge on any atom is -0.468 e. The van der Waals surface area contributed by atoms with Gasteiger partial charge in [0.15, 0.2) is 0 Å². The maximum absolute atomic E-state index is 5.51. The second-order valence-electron chi connectivity index (χ2n) is 4.10. The molecule has 0 aliphatic carbocycles. The van der Waals surface area contributed by atoms with Gasteiger partial charge in [-0.2, -0.15) is 0 Å². The Bertz CT molecular complexity index is 438. The molecule has 0 spiro atoms. The van der Waals surface area contributed by atoms with Crippen LogP contribution in [0.2, 0.25) is 0 Å². The Morgan fingerprint density at radius 1 is 1.47 bits per heavy atom. The quantitative estimate of drug-likeness (QED) is 0.853. The molecule has 2 heterocycles. The Balaban J connectivity index is 1.86. The molecule has 0 radical (unpaired) electrons. The highest BCUT2D eigenvalue weighted by atomic mass is 32.1. The van der Waals surface area contributed by atoms with Crippen LogP contribution >= 0.6 is 11.3 Å². The molecule has 0 saturated heterocycles. The lowest BCUT2D eigenvalue weighted by atomic mass is 10.3. The van der Waals surface area contributed by atoms with Crippen LogP contribution in [-0.4, -0.2) is 24.0 Å². The van der Waals surface area contributed by atoms with Crippen molar-refractivity contribution >= 4 is 11.3 Å². The average Bonchev–Trinajstić information content (AvgIpc) is 2.91. The van der Waals surface area contributed by atoms with Gasteiger partial charge in [0.25, 0.3) is 0 Å². The van der Waals surface area contributed by atoms with Crippen LogP contribution in [-0.2, 0) is 19.6 Å². The summed E-state index contributed by atoms with van der Waals surface area (Å²) < 4.78 is 5.51. The van der Waals surface area contributed by atoms with Crippen molar-refractivity contribution in [1.82, 2.24) is 15.2 Å². The van der Waals surface area contributed by atoms with Gasteiger partial charge in [-0.25, -0.2) is 4.98 Å². The number of thiazole rings is 1. The maximum atomic E-state index is 5.51. The van der Waals surface area contributed by atoms with Gasteiger partial charge in [-0.05, 0) is 20.2 Å². The lowest BCUT2D eigenvalue weighted by Crippen LogP contribution is -2.17. The van der Waals surface area contributed by atoms with E-state index in [0.29, 0.717) is 0 Å². The third-order valence-corrected chi connectivity index (χ3v) is 3.07. The SMILES string of the molecule is CNCc1coc(CN(C)Cc2cscn2)c1. The summed E-state index contributed by atoms with van der Waals surface area (Å²) >= 11 is 1.63. The van der Waals surface area contributed by atoms with Crippen LogP contribution in [0.5, 0.6) is 0 Å². The number of hydrogen-bond acceptors (Lipinski definition) is 5. The summed E-state index contributed by atoms with van der Waals surface area (Å²) in [6.45, 7) is 2.51. The van der Waals surface area contributed by atoms with E-state index in [-0.39, 0.29) is 0 Å². The molecular formula is C12H17N3OS. The molecule has 0 aromatic carbocycles. The standard InChI is InChI=1S/C12H17N3OS/c1-13-4-10-3-12(16-7-10)6-15(2)5-11-8-17-9-14-11/h3,7-9,13H,4-6H2,1-2H3. The molecule has 2 rings (SSSR count). The summed E-state index contributed by atoms with van der Waals surface area (Å²) in [5, 5.41) is 5.18. The average molecular weight is 251 g/mol. The second kappa shape index (κ2) is 5.95. The number of nitrogens with zero attached hydrogens (tertiary/aromatic N) is 2. The topological polar surface area (TPSA) is 41.3 Å². The highest BCUT2D eigenvalue weighted by molar-refractivity contribution is 7.07. The zero-order valence-corrected chi connectivity index (χ0v) is 11.0. The summed E-state index contributed by atoms with van der Waals surface area (Å²) in [5.41, 5.74) is 4.16. The molecule has 0 amide bonds. The first-order valence-electron chi connectivity index (χ1n) is 5.54. The van der Waals surface area contributed by atoms with Gasteiger partial charge < -0.3 is 9.73 Å². The number of hydrogen-bond donors (Lipinski definition) is 1. The van der Waals surface area contributed by atoms with E-state index in [0.717, 1.165) is 31.1 Å². The third-order valence-electron chi connectivity index (χ3n) is 2.43. The molecular weight excluding hydrogens is 234 g/mol. The fourth-order valence-electron chi connectivity index (χ4n) is 1.72. The van der Waals surface area contributed by atoms with Gasteiger partial charge in [0.2, 0.25) is 0 Å². The minimum atomic E-state index is 0.807. The molecule has 4 nitrogen and oxygen atoms in total. The van der Waals surface area contributed by atoms with Crippen molar-refractivity contribution in [3.05, 3.63) is 40.2 Å². The van der Waals surface area contributed by atoms with Gasteiger partial charge in [-0.1, -0.05) is 0 Å². The number of rotatable bonds is 6. The van der Waals surface area contributed by atoms with Gasteiger partial charge in [0.05, 0.1) is 24.0 Å².